The zero-order chi connectivity index (χ0) is 13.1. The van der Waals surface area contributed by atoms with Crippen LogP contribution in [0.1, 0.15) is 22.0 Å². The van der Waals surface area contributed by atoms with E-state index in [1.807, 2.05) is 0 Å². The standard InChI is InChI=1S/C13H14BrFN2S/c1-8-4-5-18-13(8)12(17-16)7-9-2-3-11(15)10(14)6-9/h2-6,12,17H,7,16H2,1H3. The molecule has 0 amide bonds. The summed E-state index contributed by atoms with van der Waals surface area (Å²) in [7, 11) is 0. The van der Waals surface area contributed by atoms with Crippen molar-refractivity contribution in [3.05, 3.63) is 55.9 Å². The Balaban J connectivity index is 2.20. The van der Waals surface area contributed by atoms with E-state index in [4.69, 9.17) is 5.84 Å². The third kappa shape index (κ3) is 2.98. The second-order valence-electron chi connectivity index (χ2n) is 4.14. The molecule has 1 unspecified atom stereocenters. The molecule has 0 aliphatic carbocycles. The summed E-state index contributed by atoms with van der Waals surface area (Å²) in [5.74, 6) is 5.37. The first-order valence-electron chi connectivity index (χ1n) is 5.56. The van der Waals surface area contributed by atoms with Crippen LogP contribution in [0.25, 0.3) is 0 Å². The quantitative estimate of drug-likeness (QED) is 0.663. The fraction of sp³-hybridized carbons (Fsp3) is 0.231. The Labute approximate surface area is 118 Å². The van der Waals surface area contributed by atoms with Crippen molar-refractivity contribution in [3.8, 4) is 0 Å². The van der Waals surface area contributed by atoms with E-state index in [0.717, 1.165) is 12.0 Å². The van der Waals surface area contributed by atoms with Gasteiger partial charge in [-0.1, -0.05) is 6.07 Å². The molecule has 0 saturated heterocycles. The summed E-state index contributed by atoms with van der Waals surface area (Å²) in [4.78, 5) is 1.22. The van der Waals surface area contributed by atoms with Gasteiger partial charge in [0.25, 0.3) is 0 Å². The van der Waals surface area contributed by atoms with E-state index >= 15 is 0 Å². The van der Waals surface area contributed by atoms with Crippen molar-refractivity contribution in [2.24, 2.45) is 5.84 Å². The Kier molecular flexibility index (Phi) is 4.50. The minimum atomic E-state index is -0.247. The summed E-state index contributed by atoms with van der Waals surface area (Å²) >= 11 is 4.88. The summed E-state index contributed by atoms with van der Waals surface area (Å²) in [6.45, 7) is 2.07. The molecule has 18 heavy (non-hydrogen) atoms. The number of benzene rings is 1. The maximum absolute atomic E-state index is 13.2. The van der Waals surface area contributed by atoms with Crippen molar-refractivity contribution < 1.29 is 4.39 Å². The van der Waals surface area contributed by atoms with Gasteiger partial charge in [0, 0.05) is 4.88 Å². The lowest BCUT2D eigenvalue weighted by molar-refractivity contribution is 0.556. The number of thiophene rings is 1. The van der Waals surface area contributed by atoms with Gasteiger partial charge in [-0.25, -0.2) is 4.39 Å². The van der Waals surface area contributed by atoms with Gasteiger partial charge in [0.15, 0.2) is 0 Å². The lowest BCUT2D eigenvalue weighted by Gasteiger charge is -2.16. The normalized spacial score (nSPS) is 12.7. The molecule has 0 aliphatic rings. The van der Waals surface area contributed by atoms with Crippen LogP contribution in [0.3, 0.4) is 0 Å². The number of halogens is 2. The van der Waals surface area contributed by atoms with Crippen LogP contribution >= 0.6 is 27.3 Å². The minimum absolute atomic E-state index is 0.0577. The van der Waals surface area contributed by atoms with Gasteiger partial charge < -0.3 is 0 Å². The highest BCUT2D eigenvalue weighted by Crippen LogP contribution is 2.27. The fourth-order valence-electron chi connectivity index (χ4n) is 1.87. The van der Waals surface area contributed by atoms with Crippen LogP contribution in [0.4, 0.5) is 4.39 Å². The van der Waals surface area contributed by atoms with Crippen LogP contribution in [0.2, 0.25) is 0 Å². The highest BCUT2D eigenvalue weighted by atomic mass is 79.9. The van der Waals surface area contributed by atoms with Crippen LogP contribution in [-0.4, -0.2) is 0 Å². The smallest absolute Gasteiger partial charge is 0.137 e. The molecule has 1 heterocycles. The summed E-state index contributed by atoms with van der Waals surface area (Å²) in [5, 5.41) is 2.05. The summed E-state index contributed by atoms with van der Waals surface area (Å²) < 4.78 is 13.7. The molecule has 3 N–H and O–H groups in total. The third-order valence-corrected chi connectivity index (χ3v) is 4.58. The number of hydrazine groups is 1. The van der Waals surface area contributed by atoms with E-state index in [2.05, 4.69) is 39.7 Å². The van der Waals surface area contributed by atoms with Crippen LogP contribution in [0, 0.1) is 12.7 Å². The predicted molar refractivity (Wildman–Crippen MR) is 76.9 cm³/mol. The molecule has 1 aromatic carbocycles. The van der Waals surface area contributed by atoms with E-state index in [9.17, 15) is 4.39 Å². The molecule has 5 heteroatoms. The first kappa shape index (κ1) is 13.7. The number of hydrogen-bond acceptors (Lipinski definition) is 3. The Morgan fingerprint density at radius 1 is 1.44 bits per heavy atom. The van der Waals surface area contributed by atoms with E-state index in [0.29, 0.717) is 4.47 Å². The molecule has 1 aromatic heterocycles. The first-order valence-corrected chi connectivity index (χ1v) is 7.23. The van der Waals surface area contributed by atoms with Gasteiger partial charge in [-0.2, -0.15) is 0 Å². The Bertz CT molecular complexity index is 542. The molecular weight excluding hydrogens is 315 g/mol. The number of hydrogen-bond donors (Lipinski definition) is 2. The highest BCUT2D eigenvalue weighted by molar-refractivity contribution is 9.10. The van der Waals surface area contributed by atoms with Gasteiger partial charge in [0.1, 0.15) is 5.82 Å². The van der Waals surface area contributed by atoms with Gasteiger partial charge in [-0.05, 0) is 64.0 Å². The molecule has 96 valence electrons. The molecule has 0 fully saturated rings. The van der Waals surface area contributed by atoms with Gasteiger partial charge in [0.2, 0.25) is 0 Å². The molecule has 0 bridgehead atoms. The van der Waals surface area contributed by atoms with Gasteiger partial charge in [0.05, 0.1) is 10.5 Å². The number of aryl methyl sites for hydroxylation is 1. The van der Waals surface area contributed by atoms with Gasteiger partial charge >= 0.3 is 0 Å². The number of rotatable bonds is 4. The van der Waals surface area contributed by atoms with Crippen LogP contribution in [0.5, 0.6) is 0 Å². The number of nitrogens with one attached hydrogen (secondary N) is 1. The topological polar surface area (TPSA) is 38.0 Å². The average Bonchev–Trinajstić information content (AvgIpc) is 2.77. The van der Waals surface area contributed by atoms with Crippen molar-refractivity contribution in [1.29, 1.82) is 0 Å². The summed E-state index contributed by atoms with van der Waals surface area (Å²) in [6.07, 6.45) is 0.733. The van der Waals surface area contributed by atoms with E-state index in [-0.39, 0.29) is 11.9 Å². The number of nitrogens with two attached hydrogens (primary N) is 1. The molecular formula is C13H14BrFN2S. The van der Waals surface area contributed by atoms with Crippen molar-refractivity contribution in [2.45, 2.75) is 19.4 Å². The first-order chi connectivity index (χ1) is 8.61. The second-order valence-corrected chi connectivity index (χ2v) is 5.94. The van der Waals surface area contributed by atoms with E-state index in [1.54, 1.807) is 23.5 Å². The monoisotopic (exact) mass is 328 g/mol. The maximum Gasteiger partial charge on any atom is 0.137 e. The molecule has 1 atom stereocenters. The Hall–Kier alpha value is -0.750. The molecule has 2 rings (SSSR count). The largest absolute Gasteiger partial charge is 0.271 e. The highest BCUT2D eigenvalue weighted by Gasteiger charge is 2.14. The van der Waals surface area contributed by atoms with Gasteiger partial charge in [-0.3, -0.25) is 11.3 Å². The van der Waals surface area contributed by atoms with Gasteiger partial charge in [-0.15, -0.1) is 11.3 Å². The average molecular weight is 329 g/mol. The zero-order valence-corrected chi connectivity index (χ0v) is 12.3. The molecule has 2 aromatic rings. The van der Waals surface area contributed by atoms with E-state index in [1.165, 1.54) is 16.5 Å². The lowest BCUT2D eigenvalue weighted by atomic mass is 10.0. The molecule has 0 radical (unpaired) electrons. The second kappa shape index (κ2) is 5.93. The predicted octanol–water partition coefficient (Wildman–Crippen LogP) is 3.71. The fourth-order valence-corrected chi connectivity index (χ4v) is 3.29. The van der Waals surface area contributed by atoms with Crippen LogP contribution in [0.15, 0.2) is 34.1 Å². The SMILES string of the molecule is Cc1ccsc1C(Cc1ccc(F)c(Br)c1)NN. The third-order valence-electron chi connectivity index (χ3n) is 2.84. The summed E-state index contributed by atoms with van der Waals surface area (Å²) in [6, 6.07) is 7.18. The molecule has 0 aliphatic heterocycles. The lowest BCUT2D eigenvalue weighted by Crippen LogP contribution is -2.29. The molecule has 0 spiro atoms. The minimum Gasteiger partial charge on any atom is -0.271 e. The molecule has 2 nitrogen and oxygen atoms in total. The Morgan fingerprint density at radius 2 is 2.22 bits per heavy atom. The van der Waals surface area contributed by atoms with Crippen molar-refractivity contribution in [2.75, 3.05) is 0 Å². The Morgan fingerprint density at radius 3 is 2.78 bits per heavy atom. The van der Waals surface area contributed by atoms with E-state index < -0.39 is 0 Å². The zero-order valence-electron chi connectivity index (χ0n) is 9.91. The van der Waals surface area contributed by atoms with Crippen molar-refractivity contribution >= 4 is 27.3 Å². The molecule has 0 saturated carbocycles. The van der Waals surface area contributed by atoms with Crippen LogP contribution < -0.4 is 11.3 Å². The maximum atomic E-state index is 13.2. The van der Waals surface area contributed by atoms with Crippen molar-refractivity contribution in [1.82, 2.24) is 5.43 Å². The summed E-state index contributed by atoms with van der Waals surface area (Å²) in [5.41, 5.74) is 5.10. The van der Waals surface area contributed by atoms with Crippen molar-refractivity contribution in [3.63, 3.8) is 0 Å². The van der Waals surface area contributed by atoms with Crippen LogP contribution in [-0.2, 0) is 6.42 Å².